The minimum absolute atomic E-state index is 0.0613. The number of hydrogen-bond donors (Lipinski definition) is 0. The zero-order valence-corrected chi connectivity index (χ0v) is 11.4. The highest BCUT2D eigenvalue weighted by Gasteiger charge is 2.34. The largest absolute Gasteiger partial charge is 0.287 e. The summed E-state index contributed by atoms with van der Waals surface area (Å²) < 4.78 is 9.65. The van der Waals surface area contributed by atoms with Crippen LogP contribution in [0.2, 0.25) is 0 Å². The maximum Gasteiger partial charge on any atom is 0.237 e. The van der Waals surface area contributed by atoms with Gasteiger partial charge in [0.25, 0.3) is 0 Å². The standard InChI is InChI=1S/C16H21NO/c1-4-16(5-2,6-3)15(18)17-12-11-13-9-7-8-10-14(13)17/h7-12H,4-6H2,1-3H3/i12D. The smallest absolute Gasteiger partial charge is 0.237 e. The first-order chi connectivity index (χ1) is 9.09. The maximum atomic E-state index is 12.9. The predicted molar refractivity (Wildman–Crippen MR) is 75.9 cm³/mol. The summed E-state index contributed by atoms with van der Waals surface area (Å²) in [6, 6.07) is 9.47. The van der Waals surface area contributed by atoms with Gasteiger partial charge in [-0.05, 0) is 31.4 Å². The highest BCUT2D eigenvalue weighted by atomic mass is 16.2. The Morgan fingerprint density at radius 3 is 2.39 bits per heavy atom. The van der Waals surface area contributed by atoms with Gasteiger partial charge in [0.05, 0.1) is 6.89 Å². The molecule has 0 saturated heterocycles. The lowest BCUT2D eigenvalue weighted by atomic mass is 9.79. The molecule has 1 heterocycles. The molecule has 0 aliphatic heterocycles. The molecule has 0 atom stereocenters. The zero-order chi connectivity index (χ0) is 14.0. The van der Waals surface area contributed by atoms with Crippen LogP contribution in [-0.4, -0.2) is 10.5 Å². The van der Waals surface area contributed by atoms with Gasteiger partial charge in [0.1, 0.15) is 0 Å². The molecule has 1 aromatic carbocycles. The van der Waals surface area contributed by atoms with E-state index >= 15 is 0 Å². The minimum Gasteiger partial charge on any atom is -0.287 e. The maximum absolute atomic E-state index is 12.9. The third-order valence-electron chi connectivity index (χ3n) is 4.21. The number of para-hydroxylation sites is 1. The molecule has 0 N–H and O–H groups in total. The van der Waals surface area contributed by atoms with Gasteiger partial charge in [-0.25, -0.2) is 0 Å². The van der Waals surface area contributed by atoms with E-state index < -0.39 is 0 Å². The molecule has 0 bridgehead atoms. The SMILES string of the molecule is [2H]c1cc2ccccc2n1C(=O)C(CC)(CC)CC. The normalized spacial score (nSPS) is 12.7. The number of carbonyl (C=O) groups excluding carboxylic acids is 1. The average Bonchev–Trinajstić information content (AvgIpc) is 2.76. The van der Waals surface area contributed by atoms with E-state index in [1.165, 1.54) is 0 Å². The molecule has 2 rings (SSSR count). The summed E-state index contributed by atoms with van der Waals surface area (Å²) in [4.78, 5) is 12.9. The van der Waals surface area contributed by atoms with Crippen molar-refractivity contribution in [1.82, 2.24) is 4.57 Å². The lowest BCUT2D eigenvalue weighted by Crippen LogP contribution is -2.33. The van der Waals surface area contributed by atoms with Crippen molar-refractivity contribution in [3.63, 3.8) is 0 Å². The third-order valence-corrected chi connectivity index (χ3v) is 4.21. The second-order valence-electron chi connectivity index (χ2n) is 4.81. The Kier molecular flexibility index (Phi) is 3.18. The van der Waals surface area contributed by atoms with Crippen molar-refractivity contribution in [3.05, 3.63) is 36.5 Å². The van der Waals surface area contributed by atoms with Crippen LogP contribution in [0.1, 0.15) is 46.2 Å². The molecule has 1 aromatic heterocycles. The number of aromatic nitrogens is 1. The fourth-order valence-corrected chi connectivity index (χ4v) is 2.63. The van der Waals surface area contributed by atoms with Gasteiger partial charge >= 0.3 is 0 Å². The molecule has 96 valence electrons. The Morgan fingerprint density at radius 2 is 1.78 bits per heavy atom. The highest BCUT2D eigenvalue weighted by molar-refractivity contribution is 5.95. The van der Waals surface area contributed by atoms with Gasteiger partial charge < -0.3 is 0 Å². The van der Waals surface area contributed by atoms with Crippen molar-refractivity contribution in [3.8, 4) is 0 Å². The van der Waals surface area contributed by atoms with Gasteiger partial charge in [-0.1, -0.05) is 39.0 Å². The van der Waals surface area contributed by atoms with Gasteiger partial charge in [0.2, 0.25) is 5.91 Å². The van der Waals surface area contributed by atoms with Crippen LogP contribution in [0.15, 0.2) is 36.5 Å². The van der Waals surface area contributed by atoms with Crippen molar-refractivity contribution >= 4 is 16.8 Å². The van der Waals surface area contributed by atoms with Crippen LogP contribution < -0.4 is 0 Å². The Balaban J connectivity index is 2.61. The van der Waals surface area contributed by atoms with Gasteiger partial charge in [0.15, 0.2) is 0 Å². The number of carbonyl (C=O) groups is 1. The predicted octanol–water partition coefficient (Wildman–Crippen LogP) is 4.50. The van der Waals surface area contributed by atoms with Gasteiger partial charge in [-0.2, -0.15) is 0 Å². The highest BCUT2D eigenvalue weighted by Crippen LogP contribution is 2.33. The molecular formula is C16H21NO. The molecule has 0 spiro atoms. The van der Waals surface area contributed by atoms with E-state index in [1.807, 2.05) is 24.3 Å². The lowest BCUT2D eigenvalue weighted by molar-refractivity contribution is 0.0675. The first-order valence-corrected chi connectivity index (χ1v) is 6.71. The molecule has 2 aromatic rings. The zero-order valence-electron chi connectivity index (χ0n) is 12.4. The van der Waals surface area contributed by atoms with E-state index in [0.717, 1.165) is 30.2 Å². The number of benzene rings is 1. The van der Waals surface area contributed by atoms with Crippen LogP contribution >= 0.6 is 0 Å². The molecule has 2 nitrogen and oxygen atoms in total. The number of hydrogen-bond acceptors (Lipinski definition) is 1. The van der Waals surface area contributed by atoms with Crippen LogP contribution in [0, 0.1) is 5.41 Å². The fourth-order valence-electron chi connectivity index (χ4n) is 2.63. The van der Waals surface area contributed by atoms with Crippen molar-refractivity contribution < 1.29 is 6.17 Å². The van der Waals surface area contributed by atoms with Crippen LogP contribution in [0.25, 0.3) is 10.9 Å². The second kappa shape index (κ2) is 4.97. The summed E-state index contributed by atoms with van der Waals surface area (Å²) in [5.74, 6) is 0.0613. The van der Waals surface area contributed by atoms with Crippen LogP contribution in [-0.2, 0) is 0 Å². The topological polar surface area (TPSA) is 22.0 Å². The molecule has 0 fully saturated rings. The average molecular weight is 244 g/mol. The van der Waals surface area contributed by atoms with Crippen molar-refractivity contribution in [2.75, 3.05) is 0 Å². The summed E-state index contributed by atoms with van der Waals surface area (Å²) in [7, 11) is 0. The molecule has 0 amide bonds. The van der Waals surface area contributed by atoms with Gasteiger partial charge in [0, 0.05) is 17.0 Å². The first-order valence-electron chi connectivity index (χ1n) is 7.21. The molecule has 0 aliphatic rings. The number of fused-ring (bicyclic) bond motifs is 1. The van der Waals surface area contributed by atoms with E-state index in [9.17, 15) is 4.79 Å². The first kappa shape index (κ1) is 11.5. The lowest BCUT2D eigenvalue weighted by Gasteiger charge is -2.29. The molecule has 0 unspecified atom stereocenters. The van der Waals surface area contributed by atoms with Crippen LogP contribution in [0.4, 0.5) is 0 Å². The van der Waals surface area contributed by atoms with Crippen molar-refractivity contribution in [2.45, 2.75) is 40.0 Å². The Hall–Kier alpha value is -1.57. The summed E-state index contributed by atoms with van der Waals surface area (Å²) in [5, 5.41) is 0.957. The number of rotatable bonds is 4. The van der Waals surface area contributed by atoms with E-state index in [2.05, 4.69) is 20.8 Å². The minimum atomic E-state index is -0.350. The Bertz CT molecular complexity index is 588. The summed E-state index contributed by atoms with van der Waals surface area (Å²) in [6.07, 6.45) is 2.71. The quantitative estimate of drug-likeness (QED) is 0.776. The molecular weight excluding hydrogens is 222 g/mol. The van der Waals surface area contributed by atoms with Crippen molar-refractivity contribution in [2.24, 2.45) is 5.41 Å². The Labute approximate surface area is 110 Å². The van der Waals surface area contributed by atoms with E-state index in [1.54, 1.807) is 10.6 Å². The monoisotopic (exact) mass is 244 g/mol. The summed E-state index contributed by atoms with van der Waals surface area (Å²) in [5.41, 5.74) is 0.495. The third kappa shape index (κ3) is 1.86. The number of nitrogens with zero attached hydrogens (tertiary/aromatic N) is 1. The summed E-state index contributed by atoms with van der Waals surface area (Å²) in [6.45, 7) is 6.17. The van der Waals surface area contributed by atoms with Crippen LogP contribution in [0.5, 0.6) is 0 Å². The molecule has 0 saturated carbocycles. The van der Waals surface area contributed by atoms with Crippen molar-refractivity contribution in [1.29, 1.82) is 0 Å². The second-order valence-corrected chi connectivity index (χ2v) is 4.81. The molecule has 0 radical (unpaired) electrons. The van der Waals surface area contributed by atoms with E-state index in [4.69, 9.17) is 1.37 Å². The van der Waals surface area contributed by atoms with Gasteiger partial charge in [-0.15, -0.1) is 0 Å². The van der Waals surface area contributed by atoms with Crippen LogP contribution in [0.3, 0.4) is 0 Å². The molecule has 2 heteroatoms. The molecule has 0 aliphatic carbocycles. The fraction of sp³-hybridized carbons (Fsp3) is 0.438. The van der Waals surface area contributed by atoms with E-state index in [-0.39, 0.29) is 17.5 Å². The Morgan fingerprint density at radius 1 is 1.17 bits per heavy atom. The summed E-state index contributed by atoms with van der Waals surface area (Å²) >= 11 is 0. The molecule has 18 heavy (non-hydrogen) atoms. The van der Waals surface area contributed by atoms with Gasteiger partial charge in [-0.3, -0.25) is 9.36 Å². The van der Waals surface area contributed by atoms with E-state index in [0.29, 0.717) is 0 Å².